The minimum atomic E-state index is -1.85. The van der Waals surface area contributed by atoms with E-state index in [1.807, 2.05) is 6.20 Å². The summed E-state index contributed by atoms with van der Waals surface area (Å²) in [5.41, 5.74) is 1.97. The van der Waals surface area contributed by atoms with E-state index in [0.717, 1.165) is 0 Å². The second kappa shape index (κ2) is 5.59. The fourth-order valence-corrected chi connectivity index (χ4v) is 9.69. The molecule has 1 heterocycles. The van der Waals surface area contributed by atoms with E-state index >= 15 is 0 Å². The number of hydrogen-bond acceptors (Lipinski definition) is 3. The molecule has 0 aliphatic carbocycles. The van der Waals surface area contributed by atoms with Crippen LogP contribution in [-0.4, -0.2) is 34.8 Å². The fraction of sp³-hybridized carbons (Fsp3) is 0.750. The Morgan fingerprint density at radius 3 is 1.78 bits per heavy atom. The molecule has 4 nitrogen and oxygen atoms in total. The highest BCUT2D eigenvalue weighted by molar-refractivity contribution is 6.81. The topological polar surface area (TPSA) is 58.3 Å². The van der Waals surface area contributed by atoms with Gasteiger partial charge in [-0.2, -0.15) is 5.10 Å². The maximum Gasteiger partial charge on any atom is 0.510 e. The zero-order valence-corrected chi connectivity index (χ0v) is 13.3. The Morgan fingerprint density at radius 1 is 1.06 bits per heavy atom. The van der Waals surface area contributed by atoms with Crippen LogP contribution in [0.25, 0.3) is 0 Å². The second-order valence-electron chi connectivity index (χ2n) is 5.91. The van der Waals surface area contributed by atoms with E-state index in [1.165, 1.54) is 0 Å². The molecule has 1 aromatic rings. The van der Waals surface area contributed by atoms with Crippen molar-refractivity contribution in [3.63, 3.8) is 0 Å². The van der Waals surface area contributed by atoms with Gasteiger partial charge in [0.15, 0.2) is 8.24 Å². The minimum absolute atomic E-state index is 0.342. The minimum Gasteiger partial charge on any atom is -0.422 e. The van der Waals surface area contributed by atoms with Crippen molar-refractivity contribution in [1.29, 1.82) is 0 Å². The van der Waals surface area contributed by atoms with Crippen LogP contribution in [0, 0.1) is 0 Å². The maximum atomic E-state index is 9.21. The van der Waals surface area contributed by atoms with Crippen LogP contribution in [0.3, 0.4) is 0 Å². The molecule has 0 spiro atoms. The van der Waals surface area contributed by atoms with Gasteiger partial charge in [-0.25, -0.2) is 0 Å². The van der Waals surface area contributed by atoms with Crippen LogP contribution in [0.4, 0.5) is 0 Å². The van der Waals surface area contributed by atoms with E-state index < -0.39 is 15.4 Å². The summed E-state index contributed by atoms with van der Waals surface area (Å²) in [6.45, 7) is 13.5. The molecule has 0 saturated heterocycles. The van der Waals surface area contributed by atoms with Gasteiger partial charge in [0, 0.05) is 6.20 Å². The fourth-order valence-electron chi connectivity index (χ4n) is 3.49. The lowest BCUT2D eigenvalue weighted by atomic mass is 9.87. The van der Waals surface area contributed by atoms with E-state index in [0.29, 0.717) is 22.2 Å². The van der Waals surface area contributed by atoms with Crippen molar-refractivity contribution in [2.75, 3.05) is 0 Å². The highest BCUT2D eigenvalue weighted by Gasteiger charge is 2.46. The summed E-state index contributed by atoms with van der Waals surface area (Å²) in [4.78, 5) is 0. The third-order valence-corrected chi connectivity index (χ3v) is 10.6. The van der Waals surface area contributed by atoms with Crippen LogP contribution in [0.5, 0.6) is 0 Å². The van der Waals surface area contributed by atoms with Gasteiger partial charge < -0.3 is 14.4 Å². The van der Waals surface area contributed by atoms with Crippen molar-refractivity contribution >= 4 is 20.9 Å². The number of rotatable bonds is 5. The van der Waals surface area contributed by atoms with Crippen LogP contribution in [-0.2, 0) is 0 Å². The van der Waals surface area contributed by atoms with Gasteiger partial charge in [-0.05, 0) is 22.7 Å². The maximum absolute atomic E-state index is 9.21. The molecule has 0 aliphatic rings. The Morgan fingerprint density at radius 2 is 1.50 bits per heavy atom. The van der Waals surface area contributed by atoms with Gasteiger partial charge in [0.2, 0.25) is 0 Å². The first-order chi connectivity index (χ1) is 8.24. The Balaban J connectivity index is 3.33. The molecular weight excluding hydrogens is 243 g/mol. The lowest BCUT2D eigenvalue weighted by Gasteiger charge is -2.42. The monoisotopic (exact) mass is 268 g/mol. The molecule has 0 unspecified atom stereocenters. The Kier molecular flexibility index (Phi) is 4.80. The van der Waals surface area contributed by atoms with E-state index in [-0.39, 0.29) is 0 Å². The normalized spacial score (nSPS) is 12.8. The predicted molar refractivity (Wildman–Crippen MR) is 78.5 cm³/mol. The van der Waals surface area contributed by atoms with Crippen LogP contribution in [0.2, 0.25) is 16.6 Å². The molecule has 0 saturated carbocycles. The molecule has 0 bridgehead atoms. The van der Waals surface area contributed by atoms with Gasteiger partial charge in [-0.1, -0.05) is 41.5 Å². The number of hydrogen-bond donors (Lipinski definition) is 2. The van der Waals surface area contributed by atoms with Crippen LogP contribution >= 0.6 is 0 Å². The summed E-state index contributed by atoms with van der Waals surface area (Å²) < 4.78 is 2.06. The molecule has 1 rings (SSSR count). The summed E-state index contributed by atoms with van der Waals surface area (Å²) in [5.74, 6) is 0. The summed E-state index contributed by atoms with van der Waals surface area (Å²) in [7, 11) is -3.33. The SMILES string of the molecule is CC(C)[Si](C(C)C)(C(C)C)n1ccc(B(O)O)n1. The van der Waals surface area contributed by atoms with E-state index in [2.05, 4.69) is 51.0 Å². The summed E-state index contributed by atoms with van der Waals surface area (Å²) in [6, 6.07) is 1.71. The Bertz CT molecular complexity index is 369. The van der Waals surface area contributed by atoms with Crippen LogP contribution in [0.1, 0.15) is 41.5 Å². The highest BCUT2D eigenvalue weighted by atomic mass is 28.3. The third-order valence-electron chi connectivity index (χ3n) is 4.05. The van der Waals surface area contributed by atoms with Gasteiger partial charge in [0.1, 0.15) is 0 Å². The van der Waals surface area contributed by atoms with Crippen molar-refractivity contribution < 1.29 is 10.0 Å². The quantitative estimate of drug-likeness (QED) is 0.797. The first kappa shape index (κ1) is 15.5. The average molecular weight is 268 g/mol. The van der Waals surface area contributed by atoms with E-state index in [1.54, 1.807) is 6.07 Å². The van der Waals surface area contributed by atoms with Crippen molar-refractivity contribution in [2.24, 2.45) is 0 Å². The summed E-state index contributed by atoms with van der Waals surface area (Å²) in [6.07, 6.45) is 1.92. The van der Waals surface area contributed by atoms with Crippen molar-refractivity contribution in [3.8, 4) is 0 Å². The molecule has 0 amide bonds. The molecule has 102 valence electrons. The van der Waals surface area contributed by atoms with E-state index in [9.17, 15) is 10.0 Å². The molecule has 1 aromatic heterocycles. The first-order valence-electron chi connectivity index (χ1n) is 6.66. The van der Waals surface area contributed by atoms with Crippen molar-refractivity contribution in [2.45, 2.75) is 58.2 Å². The lowest BCUT2D eigenvalue weighted by molar-refractivity contribution is 0.424. The van der Waals surface area contributed by atoms with Gasteiger partial charge in [0.05, 0.1) is 5.59 Å². The summed E-state index contributed by atoms with van der Waals surface area (Å²) in [5, 5.41) is 22.9. The van der Waals surface area contributed by atoms with Gasteiger partial charge in [-0.3, -0.25) is 0 Å². The second-order valence-corrected chi connectivity index (χ2v) is 11.6. The molecule has 0 aliphatic heterocycles. The van der Waals surface area contributed by atoms with Crippen LogP contribution in [0.15, 0.2) is 12.3 Å². The molecule has 18 heavy (non-hydrogen) atoms. The average Bonchev–Trinajstić information content (AvgIpc) is 2.66. The van der Waals surface area contributed by atoms with Gasteiger partial charge in [0.25, 0.3) is 0 Å². The van der Waals surface area contributed by atoms with Crippen LogP contribution < -0.4 is 5.59 Å². The Labute approximate surface area is 111 Å². The third kappa shape index (κ3) is 2.41. The van der Waals surface area contributed by atoms with E-state index in [4.69, 9.17) is 0 Å². The first-order valence-corrected chi connectivity index (χ1v) is 8.84. The zero-order chi connectivity index (χ0) is 14.1. The molecule has 0 radical (unpaired) electrons. The molecule has 6 heteroatoms. The predicted octanol–water partition coefficient (Wildman–Crippen LogP) is 1.59. The molecular formula is C12H25BN2O2Si. The standard InChI is InChI=1S/C12H25BN2O2Si/c1-9(2)18(10(3)4,11(5)6)15-8-7-12(14-15)13(16)17/h7-11,16-17H,1-6H3. The van der Waals surface area contributed by atoms with Gasteiger partial charge in [-0.15, -0.1) is 0 Å². The Hall–Kier alpha value is -0.588. The van der Waals surface area contributed by atoms with Crippen molar-refractivity contribution in [1.82, 2.24) is 9.45 Å². The highest BCUT2D eigenvalue weighted by Crippen LogP contribution is 2.41. The lowest BCUT2D eigenvalue weighted by Crippen LogP contribution is -2.53. The molecule has 0 atom stereocenters. The number of nitrogens with zero attached hydrogens (tertiary/aromatic N) is 2. The number of aromatic nitrogens is 2. The smallest absolute Gasteiger partial charge is 0.422 e. The molecule has 2 N–H and O–H groups in total. The van der Waals surface area contributed by atoms with Crippen molar-refractivity contribution in [3.05, 3.63) is 12.3 Å². The zero-order valence-electron chi connectivity index (χ0n) is 12.3. The molecule has 0 aromatic carbocycles. The summed E-state index contributed by atoms with van der Waals surface area (Å²) >= 11 is 0. The largest absolute Gasteiger partial charge is 0.510 e. The van der Waals surface area contributed by atoms with Gasteiger partial charge >= 0.3 is 7.12 Å². The molecule has 0 fully saturated rings.